The number of nitrogens with one attached hydrogen (secondary N) is 1. The summed E-state index contributed by atoms with van der Waals surface area (Å²) < 4.78 is 0.987. The predicted octanol–water partition coefficient (Wildman–Crippen LogP) is 4.04. The van der Waals surface area contributed by atoms with E-state index in [4.69, 9.17) is 17.4 Å². The minimum Gasteiger partial charge on any atom is -0.271 e. The Balaban J connectivity index is 2.86. The molecule has 0 aliphatic rings. The van der Waals surface area contributed by atoms with Gasteiger partial charge in [-0.1, -0.05) is 53.9 Å². The maximum Gasteiger partial charge on any atom is 0.0477 e. The highest BCUT2D eigenvalue weighted by Crippen LogP contribution is 2.30. The van der Waals surface area contributed by atoms with Gasteiger partial charge in [0, 0.05) is 15.5 Å². The Morgan fingerprint density at radius 3 is 2.69 bits per heavy atom. The second-order valence-corrected chi connectivity index (χ2v) is 5.46. The number of benzene rings is 1. The average Bonchev–Trinajstić information content (AvgIpc) is 2.26. The fourth-order valence-corrected chi connectivity index (χ4v) is 2.44. The number of hydrogen-bond donors (Lipinski definition) is 2. The van der Waals surface area contributed by atoms with E-state index in [0.717, 1.165) is 27.9 Å². The Morgan fingerprint density at radius 1 is 1.50 bits per heavy atom. The van der Waals surface area contributed by atoms with E-state index in [2.05, 4.69) is 35.2 Å². The molecule has 0 spiro atoms. The minimum absolute atomic E-state index is 0.121. The zero-order chi connectivity index (χ0) is 12.1. The number of halogens is 2. The molecule has 1 aromatic carbocycles. The summed E-state index contributed by atoms with van der Waals surface area (Å²) in [6, 6.07) is 6.02. The van der Waals surface area contributed by atoms with E-state index in [1.54, 1.807) is 0 Å². The summed E-state index contributed by atoms with van der Waals surface area (Å²) in [6.07, 6.45) is 2.14. The van der Waals surface area contributed by atoms with Gasteiger partial charge in [-0.05, 0) is 30.0 Å². The van der Waals surface area contributed by atoms with Gasteiger partial charge in [0.2, 0.25) is 0 Å². The molecular formula is C12H18BrClN2. The number of rotatable bonds is 5. The van der Waals surface area contributed by atoms with Crippen LogP contribution in [0.4, 0.5) is 0 Å². The standard InChI is InChI=1S/C12H18BrClN2/c1-3-8(2)6-12(16-15)10-5-4-9(13)7-11(10)14/h4-5,7-8,12,16H,3,6,15H2,1-2H3. The van der Waals surface area contributed by atoms with Crippen molar-refractivity contribution in [1.29, 1.82) is 0 Å². The zero-order valence-electron chi connectivity index (χ0n) is 9.63. The van der Waals surface area contributed by atoms with Crippen molar-refractivity contribution in [2.45, 2.75) is 32.7 Å². The smallest absolute Gasteiger partial charge is 0.0477 e. The molecule has 0 aliphatic carbocycles. The molecule has 4 heteroatoms. The second-order valence-electron chi connectivity index (χ2n) is 4.13. The lowest BCUT2D eigenvalue weighted by Crippen LogP contribution is -2.29. The molecule has 2 nitrogen and oxygen atoms in total. The van der Waals surface area contributed by atoms with Crippen LogP contribution in [0, 0.1) is 5.92 Å². The van der Waals surface area contributed by atoms with Crippen molar-refractivity contribution in [1.82, 2.24) is 5.43 Å². The van der Waals surface area contributed by atoms with Gasteiger partial charge in [-0.15, -0.1) is 0 Å². The third kappa shape index (κ3) is 3.74. The first kappa shape index (κ1) is 14.0. The van der Waals surface area contributed by atoms with Crippen molar-refractivity contribution in [3.8, 4) is 0 Å². The molecule has 90 valence electrons. The molecule has 0 saturated heterocycles. The van der Waals surface area contributed by atoms with Crippen LogP contribution >= 0.6 is 27.5 Å². The van der Waals surface area contributed by atoms with Gasteiger partial charge in [0.05, 0.1) is 0 Å². The first-order valence-corrected chi connectivity index (χ1v) is 6.66. The van der Waals surface area contributed by atoms with E-state index in [-0.39, 0.29) is 6.04 Å². The van der Waals surface area contributed by atoms with Gasteiger partial charge in [0.1, 0.15) is 0 Å². The molecule has 3 N–H and O–H groups in total. The van der Waals surface area contributed by atoms with Gasteiger partial charge in [-0.25, -0.2) is 0 Å². The average molecular weight is 306 g/mol. The van der Waals surface area contributed by atoms with Crippen molar-refractivity contribution < 1.29 is 0 Å². The minimum atomic E-state index is 0.121. The van der Waals surface area contributed by atoms with Gasteiger partial charge in [-0.3, -0.25) is 11.3 Å². The maximum absolute atomic E-state index is 6.20. The molecule has 2 unspecified atom stereocenters. The van der Waals surface area contributed by atoms with Crippen molar-refractivity contribution in [2.24, 2.45) is 11.8 Å². The molecule has 0 amide bonds. The van der Waals surface area contributed by atoms with Gasteiger partial charge >= 0.3 is 0 Å². The highest BCUT2D eigenvalue weighted by Gasteiger charge is 2.15. The Kier molecular flexibility index (Phi) is 5.76. The van der Waals surface area contributed by atoms with Crippen molar-refractivity contribution >= 4 is 27.5 Å². The Hall–Kier alpha value is -0.0900. The van der Waals surface area contributed by atoms with E-state index >= 15 is 0 Å². The van der Waals surface area contributed by atoms with E-state index < -0.39 is 0 Å². The lowest BCUT2D eigenvalue weighted by atomic mass is 9.95. The largest absolute Gasteiger partial charge is 0.271 e. The van der Waals surface area contributed by atoms with Crippen LogP contribution in [0.15, 0.2) is 22.7 Å². The molecule has 0 radical (unpaired) electrons. The molecule has 16 heavy (non-hydrogen) atoms. The molecule has 0 aromatic heterocycles. The zero-order valence-corrected chi connectivity index (χ0v) is 12.0. The van der Waals surface area contributed by atoms with E-state index in [0.29, 0.717) is 5.92 Å². The highest BCUT2D eigenvalue weighted by molar-refractivity contribution is 9.10. The summed E-state index contributed by atoms with van der Waals surface area (Å²) in [5, 5.41) is 0.751. The topological polar surface area (TPSA) is 38.0 Å². The Bertz CT molecular complexity index is 344. The summed E-state index contributed by atoms with van der Waals surface area (Å²) in [6.45, 7) is 4.40. The molecule has 0 saturated carbocycles. The molecule has 1 rings (SSSR count). The summed E-state index contributed by atoms with van der Waals surface area (Å²) >= 11 is 9.60. The van der Waals surface area contributed by atoms with Crippen molar-refractivity contribution in [2.75, 3.05) is 0 Å². The van der Waals surface area contributed by atoms with Gasteiger partial charge in [0.15, 0.2) is 0 Å². The monoisotopic (exact) mass is 304 g/mol. The molecule has 1 aromatic rings. The van der Waals surface area contributed by atoms with Gasteiger partial charge in [0.25, 0.3) is 0 Å². The first-order valence-electron chi connectivity index (χ1n) is 5.49. The van der Waals surface area contributed by atoms with E-state index in [1.165, 1.54) is 0 Å². The summed E-state index contributed by atoms with van der Waals surface area (Å²) in [5.74, 6) is 6.22. The van der Waals surface area contributed by atoms with Crippen LogP contribution in [0.5, 0.6) is 0 Å². The molecule has 0 bridgehead atoms. The van der Waals surface area contributed by atoms with Crippen LogP contribution in [-0.2, 0) is 0 Å². The third-order valence-corrected chi connectivity index (χ3v) is 3.69. The number of hydrogen-bond acceptors (Lipinski definition) is 2. The SMILES string of the molecule is CCC(C)CC(NN)c1ccc(Br)cc1Cl. The fraction of sp³-hybridized carbons (Fsp3) is 0.500. The molecular weight excluding hydrogens is 288 g/mol. The normalized spacial score (nSPS) is 14.8. The predicted molar refractivity (Wildman–Crippen MR) is 73.3 cm³/mol. The molecule has 0 aliphatic heterocycles. The van der Waals surface area contributed by atoms with E-state index in [9.17, 15) is 0 Å². The summed E-state index contributed by atoms with van der Waals surface area (Å²) in [5.41, 5.74) is 3.91. The van der Waals surface area contributed by atoms with Gasteiger partial charge < -0.3 is 0 Å². The quantitative estimate of drug-likeness (QED) is 0.636. The number of nitrogens with two attached hydrogens (primary N) is 1. The Morgan fingerprint density at radius 2 is 2.19 bits per heavy atom. The van der Waals surface area contributed by atoms with E-state index in [1.807, 2.05) is 18.2 Å². The maximum atomic E-state index is 6.20. The summed E-state index contributed by atoms with van der Waals surface area (Å²) in [4.78, 5) is 0. The Labute approximate surface area is 111 Å². The third-order valence-electron chi connectivity index (χ3n) is 2.87. The highest BCUT2D eigenvalue weighted by atomic mass is 79.9. The fourth-order valence-electron chi connectivity index (χ4n) is 1.64. The van der Waals surface area contributed by atoms with Crippen molar-refractivity contribution in [3.63, 3.8) is 0 Å². The first-order chi connectivity index (χ1) is 7.58. The molecule has 0 fully saturated rings. The van der Waals surface area contributed by atoms with Crippen LogP contribution in [0.3, 0.4) is 0 Å². The van der Waals surface area contributed by atoms with Crippen LogP contribution in [-0.4, -0.2) is 0 Å². The van der Waals surface area contributed by atoms with Crippen LogP contribution in [0.2, 0.25) is 5.02 Å². The lowest BCUT2D eigenvalue weighted by molar-refractivity contribution is 0.408. The second kappa shape index (κ2) is 6.60. The van der Waals surface area contributed by atoms with Crippen LogP contribution in [0.25, 0.3) is 0 Å². The van der Waals surface area contributed by atoms with Crippen LogP contribution in [0.1, 0.15) is 38.3 Å². The molecule has 2 atom stereocenters. The van der Waals surface area contributed by atoms with Crippen LogP contribution < -0.4 is 11.3 Å². The summed E-state index contributed by atoms with van der Waals surface area (Å²) in [7, 11) is 0. The molecule has 0 heterocycles. The number of hydrazine groups is 1. The van der Waals surface area contributed by atoms with Gasteiger partial charge in [-0.2, -0.15) is 0 Å². The lowest BCUT2D eigenvalue weighted by Gasteiger charge is -2.21. The van der Waals surface area contributed by atoms with Crippen molar-refractivity contribution in [3.05, 3.63) is 33.3 Å².